The van der Waals surface area contributed by atoms with Crippen molar-refractivity contribution in [3.8, 4) is 0 Å². The summed E-state index contributed by atoms with van der Waals surface area (Å²) in [6.07, 6.45) is 7.65. The van der Waals surface area contributed by atoms with E-state index in [9.17, 15) is 4.79 Å². The van der Waals surface area contributed by atoms with Crippen molar-refractivity contribution >= 4 is 17.4 Å². The topological polar surface area (TPSA) is 46.9 Å². The fourth-order valence-electron chi connectivity index (χ4n) is 3.38. The van der Waals surface area contributed by atoms with Gasteiger partial charge in [0.25, 0.3) is 0 Å². The van der Waals surface area contributed by atoms with Gasteiger partial charge in [-0.3, -0.25) is 9.48 Å². The van der Waals surface area contributed by atoms with Crippen molar-refractivity contribution in [3.05, 3.63) is 16.4 Å². The Balaban J connectivity index is 2.06. The molecule has 0 aromatic carbocycles. The van der Waals surface area contributed by atoms with Gasteiger partial charge in [0.2, 0.25) is 0 Å². The van der Waals surface area contributed by atoms with E-state index < -0.39 is 0 Å². The maximum atomic E-state index is 12.5. The Morgan fingerprint density at radius 3 is 2.57 bits per heavy atom. The van der Waals surface area contributed by atoms with E-state index in [2.05, 4.69) is 10.4 Å². The second-order valence-corrected chi connectivity index (χ2v) is 6.55. The fraction of sp³-hybridized carbons (Fsp3) is 0.750. The summed E-state index contributed by atoms with van der Waals surface area (Å²) in [7, 11) is 3.84. The minimum absolute atomic E-state index is 0.00596. The first-order chi connectivity index (χ1) is 10.0. The molecule has 0 radical (unpaired) electrons. The first-order valence-electron chi connectivity index (χ1n) is 7.92. The van der Waals surface area contributed by atoms with Gasteiger partial charge in [0.1, 0.15) is 5.78 Å². The van der Waals surface area contributed by atoms with E-state index in [0.29, 0.717) is 17.9 Å². The number of hydrogen-bond acceptors (Lipinski definition) is 3. The number of aromatic nitrogens is 2. The highest BCUT2D eigenvalue weighted by Crippen LogP contribution is 2.31. The van der Waals surface area contributed by atoms with Crippen molar-refractivity contribution in [1.29, 1.82) is 0 Å². The average molecular weight is 312 g/mol. The zero-order chi connectivity index (χ0) is 15.5. The van der Waals surface area contributed by atoms with Crippen LogP contribution in [0.5, 0.6) is 0 Å². The summed E-state index contributed by atoms with van der Waals surface area (Å²) in [5, 5.41) is 8.45. The van der Waals surface area contributed by atoms with Crippen LogP contribution in [0.25, 0.3) is 0 Å². The minimum Gasteiger partial charge on any atom is -0.314 e. The standard InChI is InChI=1S/C16H26ClN3O/c1-4-13-15(17)14(20(3)19-13)10-12(21)11-16(18-2)8-6-5-7-9-16/h18H,4-11H2,1-3H3. The summed E-state index contributed by atoms with van der Waals surface area (Å²) in [6.45, 7) is 2.03. The Kier molecular flexibility index (Phi) is 5.44. The molecule has 1 aliphatic carbocycles. The van der Waals surface area contributed by atoms with E-state index in [0.717, 1.165) is 30.7 Å². The van der Waals surface area contributed by atoms with Crippen molar-refractivity contribution in [2.24, 2.45) is 7.05 Å². The van der Waals surface area contributed by atoms with Gasteiger partial charge in [-0.25, -0.2) is 0 Å². The number of carbonyl (C=O) groups excluding carboxylic acids is 1. The summed E-state index contributed by atoms with van der Waals surface area (Å²) < 4.78 is 1.76. The van der Waals surface area contributed by atoms with Crippen LogP contribution in [0.2, 0.25) is 5.02 Å². The van der Waals surface area contributed by atoms with Crippen LogP contribution in [0.3, 0.4) is 0 Å². The second kappa shape index (κ2) is 6.93. The molecule has 0 atom stereocenters. The van der Waals surface area contributed by atoms with Crippen LogP contribution < -0.4 is 5.32 Å². The lowest BCUT2D eigenvalue weighted by Crippen LogP contribution is -2.46. The Hall–Kier alpha value is -0.870. The smallest absolute Gasteiger partial charge is 0.140 e. The molecule has 1 saturated carbocycles. The Bertz CT molecular complexity index is 504. The number of nitrogens with one attached hydrogen (secondary N) is 1. The maximum Gasteiger partial charge on any atom is 0.140 e. The van der Waals surface area contributed by atoms with Gasteiger partial charge < -0.3 is 5.32 Å². The molecule has 0 unspecified atom stereocenters. The largest absolute Gasteiger partial charge is 0.314 e. The number of carbonyl (C=O) groups is 1. The lowest BCUT2D eigenvalue weighted by atomic mass is 9.78. The molecular formula is C16H26ClN3O. The fourth-order valence-corrected chi connectivity index (χ4v) is 3.74. The molecule has 1 aromatic heterocycles. The van der Waals surface area contributed by atoms with E-state index in [1.54, 1.807) is 4.68 Å². The molecule has 1 aromatic rings. The average Bonchev–Trinajstić information content (AvgIpc) is 2.75. The lowest BCUT2D eigenvalue weighted by Gasteiger charge is -2.36. The summed E-state index contributed by atoms with van der Waals surface area (Å²) in [5.74, 6) is 0.249. The number of halogens is 1. The van der Waals surface area contributed by atoms with Gasteiger partial charge in [-0.2, -0.15) is 5.10 Å². The van der Waals surface area contributed by atoms with Crippen LogP contribution >= 0.6 is 11.6 Å². The first kappa shape index (κ1) is 16.5. The second-order valence-electron chi connectivity index (χ2n) is 6.17. The number of Topliss-reactive ketones (excluding diaryl/α,β-unsaturated/α-hetero) is 1. The monoisotopic (exact) mass is 311 g/mol. The van der Waals surface area contributed by atoms with Crippen molar-refractivity contribution in [1.82, 2.24) is 15.1 Å². The van der Waals surface area contributed by atoms with Gasteiger partial charge in [-0.05, 0) is 26.3 Å². The van der Waals surface area contributed by atoms with Crippen molar-refractivity contribution in [2.45, 2.75) is 63.8 Å². The molecule has 0 amide bonds. The molecule has 0 aliphatic heterocycles. The zero-order valence-corrected chi connectivity index (χ0v) is 14.1. The molecule has 1 heterocycles. The summed E-state index contributed by atoms with van der Waals surface area (Å²) in [6, 6.07) is 0. The lowest BCUT2D eigenvalue weighted by molar-refractivity contribution is -0.120. The van der Waals surface area contributed by atoms with E-state index >= 15 is 0 Å². The SMILES string of the molecule is CCc1nn(C)c(CC(=O)CC2(NC)CCCCC2)c1Cl. The molecule has 4 nitrogen and oxygen atoms in total. The molecule has 0 bridgehead atoms. The van der Waals surface area contributed by atoms with Crippen LogP contribution in [0.1, 0.15) is 56.8 Å². The third-order valence-corrected chi connectivity index (χ3v) is 5.18. The summed E-state index contributed by atoms with van der Waals surface area (Å²) >= 11 is 6.33. The normalized spacial score (nSPS) is 17.9. The predicted octanol–water partition coefficient (Wildman–Crippen LogP) is 3.06. The Morgan fingerprint density at radius 1 is 1.38 bits per heavy atom. The van der Waals surface area contributed by atoms with Gasteiger partial charge >= 0.3 is 0 Å². The highest BCUT2D eigenvalue weighted by Gasteiger charge is 2.32. The number of nitrogens with zero attached hydrogens (tertiary/aromatic N) is 2. The third kappa shape index (κ3) is 3.67. The highest BCUT2D eigenvalue weighted by atomic mass is 35.5. The molecule has 5 heteroatoms. The molecule has 118 valence electrons. The van der Waals surface area contributed by atoms with Crippen LogP contribution in [-0.2, 0) is 24.7 Å². The predicted molar refractivity (Wildman–Crippen MR) is 85.8 cm³/mol. The number of aryl methyl sites for hydroxylation is 2. The van der Waals surface area contributed by atoms with Crippen LogP contribution in [0.15, 0.2) is 0 Å². The van der Waals surface area contributed by atoms with Crippen molar-refractivity contribution < 1.29 is 4.79 Å². The van der Waals surface area contributed by atoms with Crippen LogP contribution in [0, 0.1) is 0 Å². The summed E-state index contributed by atoms with van der Waals surface area (Å²) in [5.41, 5.74) is 1.72. The van der Waals surface area contributed by atoms with E-state index in [-0.39, 0.29) is 11.3 Å². The third-order valence-electron chi connectivity index (χ3n) is 4.74. The van der Waals surface area contributed by atoms with Gasteiger partial charge in [0, 0.05) is 25.4 Å². The molecule has 0 spiro atoms. The van der Waals surface area contributed by atoms with Gasteiger partial charge in [-0.1, -0.05) is 37.8 Å². The van der Waals surface area contributed by atoms with Crippen LogP contribution in [-0.4, -0.2) is 28.2 Å². The van der Waals surface area contributed by atoms with E-state index in [1.807, 2.05) is 21.0 Å². The Labute approximate surface area is 132 Å². The zero-order valence-electron chi connectivity index (χ0n) is 13.3. The Morgan fingerprint density at radius 2 is 2.05 bits per heavy atom. The molecule has 2 rings (SSSR count). The molecule has 0 saturated heterocycles. The van der Waals surface area contributed by atoms with E-state index in [4.69, 9.17) is 11.6 Å². The number of rotatable bonds is 6. The van der Waals surface area contributed by atoms with Crippen LogP contribution in [0.4, 0.5) is 0 Å². The van der Waals surface area contributed by atoms with Crippen molar-refractivity contribution in [3.63, 3.8) is 0 Å². The molecule has 1 N–H and O–H groups in total. The molecule has 21 heavy (non-hydrogen) atoms. The maximum absolute atomic E-state index is 12.5. The number of ketones is 1. The highest BCUT2D eigenvalue weighted by molar-refractivity contribution is 6.32. The summed E-state index contributed by atoms with van der Waals surface area (Å²) in [4.78, 5) is 12.5. The quantitative estimate of drug-likeness (QED) is 0.878. The van der Waals surface area contributed by atoms with Crippen molar-refractivity contribution in [2.75, 3.05) is 7.05 Å². The number of hydrogen-bond donors (Lipinski definition) is 1. The van der Waals surface area contributed by atoms with Gasteiger partial charge in [0.05, 0.1) is 16.4 Å². The van der Waals surface area contributed by atoms with Gasteiger partial charge in [-0.15, -0.1) is 0 Å². The minimum atomic E-state index is -0.00596. The molecule has 1 fully saturated rings. The first-order valence-corrected chi connectivity index (χ1v) is 8.30. The molecule has 1 aliphatic rings. The van der Waals surface area contributed by atoms with E-state index in [1.165, 1.54) is 19.3 Å². The van der Waals surface area contributed by atoms with Gasteiger partial charge in [0.15, 0.2) is 0 Å². The molecular weight excluding hydrogens is 286 g/mol.